The summed E-state index contributed by atoms with van der Waals surface area (Å²) in [6.45, 7) is 0.305. The molecule has 2 N–H and O–H groups in total. The normalized spacial score (nSPS) is 22.2. The second-order valence-electron chi connectivity index (χ2n) is 5.07. The van der Waals surface area contributed by atoms with Gasteiger partial charge in [0, 0.05) is 24.4 Å². The lowest BCUT2D eigenvalue weighted by Crippen LogP contribution is -2.37. The fourth-order valence-corrected chi connectivity index (χ4v) is 2.65. The Balaban J connectivity index is 1.93. The summed E-state index contributed by atoms with van der Waals surface area (Å²) in [5.41, 5.74) is 0.195. The van der Waals surface area contributed by atoms with Gasteiger partial charge in [0.05, 0.1) is 5.92 Å². The van der Waals surface area contributed by atoms with Gasteiger partial charge < -0.3 is 10.4 Å². The molecule has 20 heavy (non-hydrogen) atoms. The molecule has 0 saturated heterocycles. The van der Waals surface area contributed by atoms with E-state index >= 15 is 0 Å². The smallest absolute Gasteiger partial charge is 0.306 e. The van der Waals surface area contributed by atoms with Crippen LogP contribution in [0.2, 0.25) is 0 Å². The fraction of sp³-hybridized carbons (Fsp3) is 0.500. The monoisotopic (exact) mass is 280 g/mol. The Kier molecular flexibility index (Phi) is 4.65. The maximum atomic E-state index is 12.9. The molecule has 6 heteroatoms. The third kappa shape index (κ3) is 3.53. The third-order valence-electron chi connectivity index (χ3n) is 3.74. The number of nitrogens with zero attached hydrogens (tertiary/aromatic N) is 1. The van der Waals surface area contributed by atoms with Crippen molar-refractivity contribution in [2.24, 2.45) is 11.8 Å². The quantitative estimate of drug-likeness (QED) is 0.825. The zero-order chi connectivity index (χ0) is 14.5. The van der Waals surface area contributed by atoms with Crippen molar-refractivity contribution >= 4 is 11.9 Å². The molecule has 0 spiro atoms. The molecule has 1 heterocycles. The summed E-state index contributed by atoms with van der Waals surface area (Å²) < 4.78 is 12.9. The van der Waals surface area contributed by atoms with Gasteiger partial charge in [0.1, 0.15) is 0 Å². The molecule has 0 aromatic carbocycles. The van der Waals surface area contributed by atoms with Crippen LogP contribution in [0, 0.1) is 17.8 Å². The van der Waals surface area contributed by atoms with Gasteiger partial charge in [-0.05, 0) is 24.8 Å². The predicted molar refractivity (Wildman–Crippen MR) is 69.6 cm³/mol. The number of aromatic nitrogens is 1. The Bertz CT molecular complexity index is 507. The molecule has 5 nitrogen and oxygen atoms in total. The SMILES string of the molecule is O=C(NCC1CCCCC1C(=O)O)c1ccnc(F)c1. The highest BCUT2D eigenvalue weighted by atomic mass is 19.1. The van der Waals surface area contributed by atoms with Gasteiger partial charge in [-0.1, -0.05) is 12.8 Å². The van der Waals surface area contributed by atoms with E-state index in [-0.39, 0.29) is 11.5 Å². The van der Waals surface area contributed by atoms with Crippen molar-refractivity contribution < 1.29 is 19.1 Å². The van der Waals surface area contributed by atoms with Crippen molar-refractivity contribution in [3.8, 4) is 0 Å². The minimum absolute atomic E-state index is 0.0584. The second kappa shape index (κ2) is 6.45. The number of hydrogen-bond donors (Lipinski definition) is 2. The first-order valence-electron chi connectivity index (χ1n) is 6.70. The Morgan fingerprint density at radius 3 is 2.85 bits per heavy atom. The number of amides is 1. The molecular formula is C14H17FN2O3. The van der Waals surface area contributed by atoms with Gasteiger partial charge in [0.2, 0.25) is 5.95 Å². The van der Waals surface area contributed by atoms with Crippen LogP contribution in [0.25, 0.3) is 0 Å². The van der Waals surface area contributed by atoms with Gasteiger partial charge in [0.15, 0.2) is 0 Å². The summed E-state index contributed by atoms with van der Waals surface area (Å²) in [7, 11) is 0. The van der Waals surface area contributed by atoms with E-state index in [9.17, 15) is 14.0 Å². The van der Waals surface area contributed by atoms with E-state index in [1.54, 1.807) is 0 Å². The summed E-state index contributed by atoms with van der Waals surface area (Å²) in [6.07, 6.45) is 4.57. The molecule has 1 fully saturated rings. The number of aliphatic carboxylic acids is 1. The summed E-state index contributed by atoms with van der Waals surface area (Å²) in [5, 5.41) is 11.8. The largest absolute Gasteiger partial charge is 0.481 e. The van der Waals surface area contributed by atoms with Crippen molar-refractivity contribution in [1.82, 2.24) is 10.3 Å². The van der Waals surface area contributed by atoms with Gasteiger partial charge in [-0.25, -0.2) is 4.98 Å². The highest BCUT2D eigenvalue weighted by molar-refractivity contribution is 5.94. The van der Waals surface area contributed by atoms with E-state index in [1.807, 2.05) is 0 Å². The molecule has 0 aliphatic heterocycles. The maximum Gasteiger partial charge on any atom is 0.306 e. The fourth-order valence-electron chi connectivity index (χ4n) is 2.65. The number of carboxylic acids is 1. The van der Waals surface area contributed by atoms with E-state index in [0.717, 1.165) is 25.3 Å². The standard InChI is InChI=1S/C14H17FN2O3/c15-12-7-9(5-6-16-12)13(18)17-8-10-3-1-2-4-11(10)14(19)20/h5-7,10-11H,1-4,8H2,(H,17,18)(H,19,20). The topological polar surface area (TPSA) is 79.3 Å². The number of halogens is 1. The zero-order valence-electron chi connectivity index (χ0n) is 11.0. The minimum Gasteiger partial charge on any atom is -0.481 e. The molecule has 0 bridgehead atoms. The highest BCUT2D eigenvalue weighted by Crippen LogP contribution is 2.29. The summed E-state index contributed by atoms with van der Waals surface area (Å²) in [4.78, 5) is 26.4. The van der Waals surface area contributed by atoms with Crippen molar-refractivity contribution in [1.29, 1.82) is 0 Å². The van der Waals surface area contributed by atoms with Crippen LogP contribution in [0.4, 0.5) is 4.39 Å². The number of carbonyl (C=O) groups is 2. The zero-order valence-corrected chi connectivity index (χ0v) is 11.0. The molecule has 2 unspecified atom stereocenters. The first-order chi connectivity index (χ1) is 9.58. The van der Waals surface area contributed by atoms with Crippen molar-refractivity contribution in [3.05, 3.63) is 29.8 Å². The number of rotatable bonds is 4. The predicted octanol–water partition coefficient (Wildman–Crippen LogP) is 1.84. The van der Waals surface area contributed by atoms with E-state index in [0.29, 0.717) is 13.0 Å². The molecule has 108 valence electrons. The van der Waals surface area contributed by atoms with Crippen molar-refractivity contribution in [2.75, 3.05) is 6.54 Å². The van der Waals surface area contributed by atoms with Crippen LogP contribution in [0.5, 0.6) is 0 Å². The van der Waals surface area contributed by atoms with Crippen LogP contribution in [-0.2, 0) is 4.79 Å². The molecule has 1 amide bonds. The number of carbonyl (C=O) groups excluding carboxylic acids is 1. The van der Waals surface area contributed by atoms with Gasteiger partial charge in [0.25, 0.3) is 5.91 Å². The van der Waals surface area contributed by atoms with Crippen LogP contribution in [0.15, 0.2) is 18.3 Å². The van der Waals surface area contributed by atoms with Gasteiger partial charge in [-0.15, -0.1) is 0 Å². The van der Waals surface area contributed by atoms with Crippen LogP contribution in [0.3, 0.4) is 0 Å². The molecule has 2 atom stereocenters. The third-order valence-corrected chi connectivity index (χ3v) is 3.74. The number of nitrogens with one attached hydrogen (secondary N) is 1. The van der Waals surface area contributed by atoms with Crippen LogP contribution < -0.4 is 5.32 Å². The lowest BCUT2D eigenvalue weighted by Gasteiger charge is -2.28. The molecule has 2 rings (SSSR count). The lowest BCUT2D eigenvalue weighted by molar-refractivity contribution is -0.144. The van der Waals surface area contributed by atoms with Crippen LogP contribution in [-0.4, -0.2) is 28.5 Å². The summed E-state index contributed by atoms with van der Waals surface area (Å²) in [6, 6.07) is 2.48. The van der Waals surface area contributed by atoms with Gasteiger partial charge in [-0.3, -0.25) is 9.59 Å². The Hall–Kier alpha value is -1.98. The second-order valence-corrected chi connectivity index (χ2v) is 5.07. The maximum absolute atomic E-state index is 12.9. The first kappa shape index (κ1) is 14.4. The van der Waals surface area contributed by atoms with Crippen molar-refractivity contribution in [2.45, 2.75) is 25.7 Å². The van der Waals surface area contributed by atoms with E-state index in [1.165, 1.54) is 12.3 Å². The van der Waals surface area contributed by atoms with Crippen LogP contribution >= 0.6 is 0 Å². The Morgan fingerprint density at radius 2 is 2.15 bits per heavy atom. The first-order valence-corrected chi connectivity index (χ1v) is 6.70. The lowest BCUT2D eigenvalue weighted by atomic mass is 9.79. The molecule has 1 aromatic rings. The Morgan fingerprint density at radius 1 is 1.40 bits per heavy atom. The highest BCUT2D eigenvalue weighted by Gasteiger charge is 2.30. The Labute approximate surface area is 116 Å². The average molecular weight is 280 g/mol. The van der Waals surface area contributed by atoms with Crippen LogP contribution in [0.1, 0.15) is 36.0 Å². The van der Waals surface area contributed by atoms with E-state index in [2.05, 4.69) is 10.3 Å². The van der Waals surface area contributed by atoms with Gasteiger partial charge in [-0.2, -0.15) is 4.39 Å². The molecule has 1 aliphatic rings. The van der Waals surface area contributed by atoms with Crippen molar-refractivity contribution in [3.63, 3.8) is 0 Å². The molecule has 1 saturated carbocycles. The number of hydrogen-bond acceptors (Lipinski definition) is 3. The van der Waals surface area contributed by atoms with E-state index < -0.39 is 23.7 Å². The number of pyridine rings is 1. The molecule has 0 radical (unpaired) electrons. The molecular weight excluding hydrogens is 263 g/mol. The minimum atomic E-state index is -0.807. The average Bonchev–Trinajstić information content (AvgIpc) is 2.45. The van der Waals surface area contributed by atoms with Gasteiger partial charge >= 0.3 is 5.97 Å². The summed E-state index contributed by atoms with van der Waals surface area (Å²) >= 11 is 0. The summed E-state index contributed by atoms with van der Waals surface area (Å²) in [5.74, 6) is -2.38. The molecule has 1 aliphatic carbocycles. The number of carboxylic acid groups (broad SMARTS) is 1. The molecule has 1 aromatic heterocycles. The van der Waals surface area contributed by atoms with E-state index in [4.69, 9.17) is 5.11 Å².